The SMILES string of the molecule is CCN(C(=O)CSc1nc2ccccc2c(=O)n1-c1ccc(F)cc1)C1CCCCC1. The Morgan fingerprint density at radius 2 is 1.84 bits per heavy atom. The number of thioether (sulfide) groups is 1. The van der Waals surface area contributed by atoms with E-state index in [0.717, 1.165) is 25.7 Å². The van der Waals surface area contributed by atoms with Crippen molar-refractivity contribution in [1.82, 2.24) is 14.5 Å². The van der Waals surface area contributed by atoms with Gasteiger partial charge in [-0.05, 0) is 56.2 Å². The molecule has 0 saturated heterocycles. The first-order valence-electron chi connectivity index (χ1n) is 10.8. The molecular formula is C24H26FN3O2S. The molecule has 0 aliphatic heterocycles. The number of carbonyl (C=O) groups excluding carboxylic acids is 1. The third-order valence-electron chi connectivity index (χ3n) is 5.83. The van der Waals surface area contributed by atoms with Gasteiger partial charge in [-0.1, -0.05) is 43.2 Å². The Bertz CT molecular complexity index is 1120. The van der Waals surface area contributed by atoms with Crippen LogP contribution in [-0.4, -0.2) is 38.7 Å². The van der Waals surface area contributed by atoms with Crippen LogP contribution in [0.4, 0.5) is 4.39 Å². The number of para-hydroxylation sites is 1. The third-order valence-corrected chi connectivity index (χ3v) is 6.75. The van der Waals surface area contributed by atoms with Crippen LogP contribution in [0.5, 0.6) is 0 Å². The number of rotatable bonds is 6. The van der Waals surface area contributed by atoms with E-state index in [2.05, 4.69) is 4.98 Å². The van der Waals surface area contributed by atoms with E-state index in [9.17, 15) is 14.0 Å². The third kappa shape index (κ3) is 4.66. The zero-order valence-corrected chi connectivity index (χ0v) is 18.4. The molecule has 0 spiro atoms. The summed E-state index contributed by atoms with van der Waals surface area (Å²) in [6.07, 6.45) is 5.68. The number of nitrogens with zero attached hydrogens (tertiary/aromatic N) is 3. The van der Waals surface area contributed by atoms with Gasteiger partial charge >= 0.3 is 0 Å². The van der Waals surface area contributed by atoms with Gasteiger partial charge < -0.3 is 4.90 Å². The fourth-order valence-corrected chi connectivity index (χ4v) is 5.17. The van der Waals surface area contributed by atoms with E-state index in [4.69, 9.17) is 0 Å². The Labute approximate surface area is 185 Å². The van der Waals surface area contributed by atoms with E-state index in [1.807, 2.05) is 17.9 Å². The van der Waals surface area contributed by atoms with Gasteiger partial charge in [0.2, 0.25) is 5.91 Å². The summed E-state index contributed by atoms with van der Waals surface area (Å²) < 4.78 is 14.9. The maximum absolute atomic E-state index is 13.5. The molecule has 0 radical (unpaired) electrons. The van der Waals surface area contributed by atoms with Crippen molar-refractivity contribution in [1.29, 1.82) is 0 Å². The molecular weight excluding hydrogens is 413 g/mol. The van der Waals surface area contributed by atoms with Crippen molar-refractivity contribution >= 4 is 28.6 Å². The van der Waals surface area contributed by atoms with Crippen LogP contribution in [0, 0.1) is 5.82 Å². The van der Waals surface area contributed by atoms with Crippen molar-refractivity contribution in [2.75, 3.05) is 12.3 Å². The average molecular weight is 440 g/mol. The van der Waals surface area contributed by atoms with Crippen molar-refractivity contribution in [2.45, 2.75) is 50.2 Å². The highest BCUT2D eigenvalue weighted by atomic mass is 32.2. The average Bonchev–Trinajstić information content (AvgIpc) is 2.80. The predicted octanol–water partition coefficient (Wildman–Crippen LogP) is 4.80. The molecule has 1 aromatic heterocycles. The van der Waals surface area contributed by atoms with Crippen LogP contribution >= 0.6 is 11.8 Å². The summed E-state index contributed by atoms with van der Waals surface area (Å²) in [6.45, 7) is 2.69. The molecule has 3 aromatic rings. The molecule has 0 unspecified atom stereocenters. The molecule has 1 aliphatic carbocycles. The van der Waals surface area contributed by atoms with Gasteiger partial charge in [-0.3, -0.25) is 14.2 Å². The smallest absolute Gasteiger partial charge is 0.266 e. The monoisotopic (exact) mass is 439 g/mol. The first kappa shape index (κ1) is 21.6. The van der Waals surface area contributed by atoms with E-state index in [0.29, 0.717) is 34.3 Å². The summed E-state index contributed by atoms with van der Waals surface area (Å²) in [5.74, 6) is -0.107. The molecule has 0 N–H and O–H groups in total. The molecule has 31 heavy (non-hydrogen) atoms. The summed E-state index contributed by atoms with van der Waals surface area (Å²) in [5, 5.41) is 0.920. The molecule has 1 aliphatic rings. The van der Waals surface area contributed by atoms with Gasteiger partial charge in [-0.15, -0.1) is 0 Å². The van der Waals surface area contributed by atoms with Gasteiger partial charge in [0.15, 0.2) is 5.16 Å². The molecule has 1 saturated carbocycles. The van der Waals surface area contributed by atoms with Crippen molar-refractivity contribution in [3.8, 4) is 5.69 Å². The fourth-order valence-electron chi connectivity index (χ4n) is 4.27. The van der Waals surface area contributed by atoms with Crippen LogP contribution in [0.25, 0.3) is 16.6 Å². The number of aromatic nitrogens is 2. The second-order valence-electron chi connectivity index (χ2n) is 7.79. The molecule has 5 nitrogen and oxygen atoms in total. The van der Waals surface area contributed by atoms with Crippen LogP contribution in [-0.2, 0) is 4.79 Å². The first-order valence-corrected chi connectivity index (χ1v) is 11.8. The Morgan fingerprint density at radius 3 is 2.55 bits per heavy atom. The van der Waals surface area contributed by atoms with Crippen LogP contribution in [0.1, 0.15) is 39.0 Å². The quantitative estimate of drug-likeness (QED) is 0.409. The van der Waals surface area contributed by atoms with Crippen LogP contribution in [0.15, 0.2) is 58.5 Å². The first-order chi connectivity index (χ1) is 15.1. The molecule has 0 bridgehead atoms. The van der Waals surface area contributed by atoms with Gasteiger partial charge in [0, 0.05) is 12.6 Å². The normalized spacial score (nSPS) is 14.6. The number of carbonyl (C=O) groups is 1. The highest BCUT2D eigenvalue weighted by Gasteiger charge is 2.24. The highest BCUT2D eigenvalue weighted by Crippen LogP contribution is 2.25. The van der Waals surface area contributed by atoms with Gasteiger partial charge in [0.25, 0.3) is 5.56 Å². The molecule has 0 atom stereocenters. The molecule has 1 heterocycles. The van der Waals surface area contributed by atoms with Gasteiger partial charge in [0.1, 0.15) is 5.82 Å². The lowest BCUT2D eigenvalue weighted by molar-refractivity contribution is -0.131. The van der Waals surface area contributed by atoms with Crippen molar-refractivity contribution in [3.05, 3.63) is 64.7 Å². The number of fused-ring (bicyclic) bond motifs is 1. The Balaban J connectivity index is 1.66. The maximum atomic E-state index is 13.5. The maximum Gasteiger partial charge on any atom is 0.266 e. The van der Waals surface area contributed by atoms with E-state index >= 15 is 0 Å². The molecule has 162 valence electrons. The number of halogens is 1. The lowest BCUT2D eigenvalue weighted by Crippen LogP contribution is -2.42. The summed E-state index contributed by atoms with van der Waals surface area (Å²) in [6, 6.07) is 13.2. The molecule has 1 amide bonds. The summed E-state index contributed by atoms with van der Waals surface area (Å²) in [4.78, 5) is 32.9. The lowest BCUT2D eigenvalue weighted by atomic mass is 9.94. The minimum atomic E-state index is -0.374. The van der Waals surface area contributed by atoms with Gasteiger partial charge in [-0.2, -0.15) is 0 Å². The topological polar surface area (TPSA) is 55.2 Å². The fraction of sp³-hybridized carbons (Fsp3) is 0.375. The number of benzene rings is 2. The summed E-state index contributed by atoms with van der Waals surface area (Å²) in [5.41, 5.74) is 0.881. The van der Waals surface area contributed by atoms with Crippen molar-refractivity contribution in [2.24, 2.45) is 0 Å². The highest BCUT2D eigenvalue weighted by molar-refractivity contribution is 7.99. The minimum absolute atomic E-state index is 0.0625. The van der Waals surface area contributed by atoms with Gasteiger partial charge in [-0.25, -0.2) is 9.37 Å². The van der Waals surface area contributed by atoms with E-state index in [1.165, 1.54) is 34.9 Å². The standard InChI is InChI=1S/C24H26FN3O2S/c1-2-27(18-8-4-3-5-9-18)22(29)16-31-24-26-21-11-7-6-10-20(21)23(30)28(24)19-14-12-17(25)13-15-19/h6-7,10-15,18H,2-5,8-9,16H2,1H3. The number of amides is 1. The second-order valence-corrected chi connectivity index (χ2v) is 8.73. The Morgan fingerprint density at radius 1 is 1.13 bits per heavy atom. The lowest BCUT2D eigenvalue weighted by Gasteiger charge is -2.33. The zero-order valence-electron chi connectivity index (χ0n) is 17.6. The number of hydrogen-bond donors (Lipinski definition) is 0. The Hall–Kier alpha value is -2.67. The van der Waals surface area contributed by atoms with Crippen molar-refractivity contribution < 1.29 is 9.18 Å². The van der Waals surface area contributed by atoms with Crippen LogP contribution in [0.2, 0.25) is 0 Å². The molecule has 4 rings (SSSR count). The summed E-state index contributed by atoms with van der Waals surface area (Å²) >= 11 is 1.26. The largest absolute Gasteiger partial charge is 0.339 e. The van der Waals surface area contributed by atoms with Crippen LogP contribution in [0.3, 0.4) is 0 Å². The van der Waals surface area contributed by atoms with Crippen molar-refractivity contribution in [3.63, 3.8) is 0 Å². The van der Waals surface area contributed by atoms with E-state index in [1.54, 1.807) is 30.3 Å². The summed E-state index contributed by atoms with van der Waals surface area (Å²) in [7, 11) is 0. The predicted molar refractivity (Wildman–Crippen MR) is 122 cm³/mol. The second kappa shape index (κ2) is 9.64. The number of hydrogen-bond acceptors (Lipinski definition) is 4. The molecule has 2 aromatic carbocycles. The Kier molecular flexibility index (Phi) is 6.70. The van der Waals surface area contributed by atoms with Crippen LogP contribution < -0.4 is 5.56 Å². The minimum Gasteiger partial charge on any atom is -0.339 e. The molecule has 1 fully saturated rings. The molecule has 7 heteroatoms. The van der Waals surface area contributed by atoms with Gasteiger partial charge in [0.05, 0.1) is 22.3 Å². The zero-order chi connectivity index (χ0) is 21.8. The van der Waals surface area contributed by atoms with E-state index in [-0.39, 0.29) is 23.0 Å². The van der Waals surface area contributed by atoms with E-state index < -0.39 is 0 Å².